The zero-order chi connectivity index (χ0) is 14.7. The van der Waals surface area contributed by atoms with Gasteiger partial charge in [-0.25, -0.2) is 5.43 Å². The van der Waals surface area contributed by atoms with Crippen molar-refractivity contribution in [2.24, 2.45) is 0 Å². The van der Waals surface area contributed by atoms with Crippen molar-refractivity contribution in [3.8, 4) is 5.75 Å². The van der Waals surface area contributed by atoms with Crippen molar-refractivity contribution < 1.29 is 4.74 Å². The van der Waals surface area contributed by atoms with Crippen LogP contribution in [0.25, 0.3) is 0 Å². The Morgan fingerprint density at radius 1 is 1.05 bits per heavy atom. The van der Waals surface area contributed by atoms with E-state index in [4.69, 9.17) is 17.0 Å². The van der Waals surface area contributed by atoms with Gasteiger partial charge >= 0.3 is 0 Å². The first-order chi connectivity index (χ1) is 10.2. The minimum absolute atomic E-state index is 0.0581. The Labute approximate surface area is 131 Å². The molecule has 1 saturated carbocycles. The van der Waals surface area contributed by atoms with Crippen LogP contribution in [-0.2, 0) is 0 Å². The van der Waals surface area contributed by atoms with Gasteiger partial charge in [0.25, 0.3) is 0 Å². The van der Waals surface area contributed by atoms with Gasteiger partial charge in [0.1, 0.15) is 11.4 Å². The summed E-state index contributed by atoms with van der Waals surface area (Å²) < 4.78 is 5.21. The minimum Gasteiger partial charge on any atom is -0.497 e. The molecule has 0 unspecified atom stereocenters. The van der Waals surface area contributed by atoms with Gasteiger partial charge in [-0.3, -0.25) is 5.01 Å². The van der Waals surface area contributed by atoms with Crippen molar-refractivity contribution in [3.63, 3.8) is 0 Å². The molecule has 114 valence electrons. The van der Waals surface area contributed by atoms with E-state index in [1.165, 1.54) is 32.1 Å². The Bertz CT molecular complexity index is 495. The van der Waals surface area contributed by atoms with E-state index >= 15 is 0 Å². The lowest BCUT2D eigenvalue weighted by Gasteiger charge is -2.31. The first-order valence-corrected chi connectivity index (χ1v) is 8.17. The summed E-state index contributed by atoms with van der Waals surface area (Å²) in [7, 11) is 1.68. The van der Waals surface area contributed by atoms with E-state index in [1.54, 1.807) is 7.11 Å². The van der Waals surface area contributed by atoms with Crippen molar-refractivity contribution >= 4 is 23.0 Å². The second-order valence-electron chi connectivity index (χ2n) is 5.93. The largest absolute Gasteiger partial charge is 0.497 e. The fraction of sp³-hybridized carbons (Fsp3) is 0.562. The normalized spacial score (nSPS) is 21.8. The molecule has 3 rings (SSSR count). The highest BCUT2D eigenvalue weighted by molar-refractivity contribution is 7.80. The summed E-state index contributed by atoms with van der Waals surface area (Å²) in [6.07, 6.45) is 8.75. The summed E-state index contributed by atoms with van der Waals surface area (Å²) in [5.41, 5.74) is 4.61. The number of anilines is 1. The van der Waals surface area contributed by atoms with Crippen molar-refractivity contribution in [1.82, 2.24) is 10.7 Å². The molecule has 1 aliphatic heterocycles. The fourth-order valence-electron chi connectivity index (χ4n) is 3.21. The minimum atomic E-state index is -0.0581. The Morgan fingerprint density at radius 2 is 1.67 bits per heavy atom. The van der Waals surface area contributed by atoms with E-state index in [0.29, 0.717) is 0 Å². The Morgan fingerprint density at radius 3 is 2.29 bits per heavy atom. The Kier molecular flexibility index (Phi) is 4.31. The van der Waals surface area contributed by atoms with Crippen LogP contribution in [0.5, 0.6) is 5.75 Å². The number of nitrogens with one attached hydrogen (secondary N) is 2. The van der Waals surface area contributed by atoms with Crippen molar-refractivity contribution in [2.45, 2.75) is 50.6 Å². The van der Waals surface area contributed by atoms with Crippen LogP contribution in [0, 0.1) is 0 Å². The highest BCUT2D eigenvalue weighted by Gasteiger charge is 2.40. The van der Waals surface area contributed by atoms with Crippen LogP contribution >= 0.6 is 12.2 Å². The van der Waals surface area contributed by atoms with E-state index < -0.39 is 0 Å². The fourth-order valence-corrected chi connectivity index (χ4v) is 3.56. The lowest BCUT2D eigenvalue weighted by atomic mass is 9.92. The maximum atomic E-state index is 5.54. The first kappa shape index (κ1) is 14.6. The number of hydrogen-bond acceptors (Lipinski definition) is 3. The standard InChI is InChI=1S/C16H23N3OS/c1-20-14-9-7-13(8-10-14)19-15(21)17-16(18-19)11-5-3-2-4-6-12-16/h7-10,18H,2-6,11-12H2,1H3,(H,17,21). The van der Waals surface area contributed by atoms with Crippen LogP contribution < -0.4 is 20.5 Å². The number of hydrogen-bond donors (Lipinski definition) is 2. The molecule has 0 radical (unpaired) electrons. The SMILES string of the molecule is COc1ccc(N2NC3(CCCCCCC3)NC2=S)cc1. The number of rotatable bonds is 2. The smallest absolute Gasteiger partial charge is 0.189 e. The van der Waals surface area contributed by atoms with Crippen LogP contribution in [0.3, 0.4) is 0 Å². The average molecular weight is 305 g/mol. The van der Waals surface area contributed by atoms with Gasteiger partial charge < -0.3 is 10.1 Å². The van der Waals surface area contributed by atoms with Crippen molar-refractivity contribution in [2.75, 3.05) is 12.1 Å². The van der Waals surface area contributed by atoms with Crippen LogP contribution in [0.1, 0.15) is 44.9 Å². The molecule has 1 saturated heterocycles. The summed E-state index contributed by atoms with van der Waals surface area (Å²) in [5, 5.41) is 6.29. The second kappa shape index (κ2) is 6.20. The third kappa shape index (κ3) is 3.14. The van der Waals surface area contributed by atoms with E-state index in [2.05, 4.69) is 10.7 Å². The third-order valence-electron chi connectivity index (χ3n) is 4.41. The third-order valence-corrected chi connectivity index (χ3v) is 4.70. The van der Waals surface area contributed by atoms with Gasteiger partial charge in [0.2, 0.25) is 0 Å². The molecule has 1 aromatic carbocycles. The number of thiocarbonyl (C=S) groups is 1. The average Bonchev–Trinajstić information content (AvgIpc) is 2.81. The molecule has 5 heteroatoms. The van der Waals surface area contributed by atoms with E-state index in [0.717, 1.165) is 29.4 Å². The van der Waals surface area contributed by atoms with Gasteiger partial charge in [0, 0.05) is 0 Å². The Hall–Kier alpha value is -1.33. The summed E-state index contributed by atoms with van der Waals surface area (Å²) in [5.74, 6) is 0.859. The zero-order valence-corrected chi connectivity index (χ0v) is 13.3. The molecule has 2 fully saturated rings. The monoisotopic (exact) mass is 305 g/mol. The molecule has 4 nitrogen and oxygen atoms in total. The maximum absolute atomic E-state index is 5.54. The predicted octanol–water partition coefficient (Wildman–Crippen LogP) is 3.33. The van der Waals surface area contributed by atoms with Gasteiger partial charge in [-0.2, -0.15) is 0 Å². The second-order valence-corrected chi connectivity index (χ2v) is 6.31. The number of methoxy groups -OCH3 is 1. The summed E-state index contributed by atoms with van der Waals surface area (Å²) in [4.78, 5) is 0. The lowest BCUT2D eigenvalue weighted by Crippen LogP contribution is -2.51. The van der Waals surface area contributed by atoms with Crippen molar-refractivity contribution in [1.29, 1.82) is 0 Å². The molecular weight excluding hydrogens is 282 g/mol. The van der Waals surface area contributed by atoms with Crippen molar-refractivity contribution in [3.05, 3.63) is 24.3 Å². The van der Waals surface area contributed by atoms with E-state index in [9.17, 15) is 0 Å². The van der Waals surface area contributed by atoms with E-state index in [-0.39, 0.29) is 5.66 Å². The molecule has 1 spiro atoms. The Balaban J connectivity index is 1.76. The van der Waals surface area contributed by atoms with Crippen LogP contribution in [0.15, 0.2) is 24.3 Å². The number of hydrazine groups is 1. The molecule has 0 aromatic heterocycles. The van der Waals surface area contributed by atoms with E-state index in [1.807, 2.05) is 29.3 Å². The number of benzene rings is 1. The van der Waals surface area contributed by atoms with Crippen LogP contribution in [0.4, 0.5) is 5.69 Å². The maximum Gasteiger partial charge on any atom is 0.189 e. The van der Waals surface area contributed by atoms with Gasteiger partial charge in [-0.1, -0.05) is 19.3 Å². The molecule has 0 atom stereocenters. The summed E-state index contributed by atoms with van der Waals surface area (Å²) in [6.45, 7) is 0. The first-order valence-electron chi connectivity index (χ1n) is 7.77. The molecule has 1 aliphatic carbocycles. The van der Waals surface area contributed by atoms with Gasteiger partial charge in [0.15, 0.2) is 5.11 Å². The molecule has 21 heavy (non-hydrogen) atoms. The highest BCUT2D eigenvalue weighted by atomic mass is 32.1. The molecule has 0 amide bonds. The highest BCUT2D eigenvalue weighted by Crippen LogP contribution is 2.30. The van der Waals surface area contributed by atoms with Crippen LogP contribution in [-0.4, -0.2) is 17.9 Å². The lowest BCUT2D eigenvalue weighted by molar-refractivity contribution is 0.257. The van der Waals surface area contributed by atoms with Gasteiger partial charge in [0.05, 0.1) is 12.8 Å². The summed E-state index contributed by atoms with van der Waals surface area (Å²) in [6, 6.07) is 7.98. The molecule has 2 aliphatic rings. The zero-order valence-electron chi connectivity index (χ0n) is 12.5. The molecule has 1 aromatic rings. The molecular formula is C16H23N3OS. The summed E-state index contributed by atoms with van der Waals surface area (Å²) >= 11 is 5.54. The molecule has 0 bridgehead atoms. The van der Waals surface area contributed by atoms with Gasteiger partial charge in [-0.15, -0.1) is 0 Å². The topological polar surface area (TPSA) is 36.5 Å². The quantitative estimate of drug-likeness (QED) is 0.820. The molecule has 2 N–H and O–H groups in total. The number of nitrogens with zero attached hydrogens (tertiary/aromatic N) is 1. The predicted molar refractivity (Wildman–Crippen MR) is 89.4 cm³/mol. The van der Waals surface area contributed by atoms with Gasteiger partial charge in [-0.05, 0) is 62.2 Å². The number of ether oxygens (including phenoxy) is 1. The van der Waals surface area contributed by atoms with Crippen LogP contribution in [0.2, 0.25) is 0 Å². The molecule has 1 heterocycles.